The van der Waals surface area contributed by atoms with Gasteiger partial charge in [-0.2, -0.15) is 0 Å². The van der Waals surface area contributed by atoms with E-state index in [4.69, 9.17) is 9.47 Å². The van der Waals surface area contributed by atoms with E-state index in [0.717, 1.165) is 59.4 Å². The summed E-state index contributed by atoms with van der Waals surface area (Å²) >= 11 is 7.08. The number of benzene rings is 1. The maximum atomic E-state index is 5.71. The first-order chi connectivity index (χ1) is 10.2. The molecule has 6 heteroatoms. The van der Waals surface area contributed by atoms with Gasteiger partial charge in [0.15, 0.2) is 0 Å². The SMILES string of the molecule is CCCCOCCCNCc1cc(Br)cc(Br)c1OCC.Cl. The summed E-state index contributed by atoms with van der Waals surface area (Å²) in [7, 11) is 0. The van der Waals surface area contributed by atoms with Crippen LogP contribution in [-0.2, 0) is 11.3 Å². The van der Waals surface area contributed by atoms with Crippen molar-refractivity contribution < 1.29 is 9.47 Å². The Kier molecular flexibility index (Phi) is 13.7. The van der Waals surface area contributed by atoms with Gasteiger partial charge in [-0.25, -0.2) is 0 Å². The fraction of sp³-hybridized carbons (Fsp3) is 0.625. The third kappa shape index (κ3) is 8.73. The van der Waals surface area contributed by atoms with Crippen molar-refractivity contribution in [3.63, 3.8) is 0 Å². The highest BCUT2D eigenvalue weighted by Crippen LogP contribution is 2.32. The Morgan fingerprint density at radius 2 is 1.82 bits per heavy atom. The maximum Gasteiger partial charge on any atom is 0.138 e. The Bertz CT molecular complexity index is 419. The zero-order chi connectivity index (χ0) is 15.5. The molecule has 0 aliphatic heterocycles. The molecule has 0 aliphatic rings. The predicted molar refractivity (Wildman–Crippen MR) is 102 cm³/mol. The lowest BCUT2D eigenvalue weighted by Gasteiger charge is -2.14. The summed E-state index contributed by atoms with van der Waals surface area (Å²) in [6.45, 7) is 8.29. The average Bonchev–Trinajstić information content (AvgIpc) is 2.45. The van der Waals surface area contributed by atoms with Crippen LogP contribution in [0.4, 0.5) is 0 Å². The summed E-state index contributed by atoms with van der Waals surface area (Å²) in [4.78, 5) is 0. The second-order valence-corrected chi connectivity index (χ2v) is 6.58. The van der Waals surface area contributed by atoms with Crippen LogP contribution in [0.5, 0.6) is 5.75 Å². The second kappa shape index (κ2) is 13.6. The van der Waals surface area contributed by atoms with E-state index < -0.39 is 0 Å². The van der Waals surface area contributed by atoms with E-state index in [1.807, 2.05) is 13.0 Å². The van der Waals surface area contributed by atoms with Gasteiger partial charge < -0.3 is 14.8 Å². The van der Waals surface area contributed by atoms with Gasteiger partial charge in [0.1, 0.15) is 5.75 Å². The Morgan fingerprint density at radius 1 is 1.09 bits per heavy atom. The molecule has 0 atom stereocenters. The fourth-order valence-electron chi connectivity index (χ4n) is 1.92. The van der Waals surface area contributed by atoms with Gasteiger partial charge >= 0.3 is 0 Å². The lowest BCUT2D eigenvalue weighted by atomic mass is 10.2. The van der Waals surface area contributed by atoms with Crippen molar-refractivity contribution in [2.45, 2.75) is 39.7 Å². The zero-order valence-electron chi connectivity index (χ0n) is 13.3. The number of rotatable bonds is 11. The minimum atomic E-state index is 0. The molecule has 128 valence electrons. The molecule has 0 unspecified atom stereocenters. The first-order valence-electron chi connectivity index (χ1n) is 7.58. The molecular weight excluding hydrogens is 433 g/mol. The molecule has 1 rings (SSSR count). The molecule has 0 aromatic heterocycles. The molecule has 1 aromatic carbocycles. The van der Waals surface area contributed by atoms with Crippen molar-refractivity contribution in [1.29, 1.82) is 0 Å². The molecule has 3 nitrogen and oxygen atoms in total. The van der Waals surface area contributed by atoms with Crippen LogP contribution in [0.25, 0.3) is 0 Å². The Labute approximate surface area is 157 Å². The molecule has 0 amide bonds. The van der Waals surface area contributed by atoms with Gasteiger partial charge in [-0.3, -0.25) is 0 Å². The molecule has 1 N–H and O–H groups in total. The lowest BCUT2D eigenvalue weighted by molar-refractivity contribution is 0.128. The normalized spacial score (nSPS) is 10.4. The van der Waals surface area contributed by atoms with Crippen molar-refractivity contribution in [2.75, 3.05) is 26.4 Å². The average molecular weight is 460 g/mol. The van der Waals surface area contributed by atoms with Crippen molar-refractivity contribution in [1.82, 2.24) is 5.32 Å². The summed E-state index contributed by atoms with van der Waals surface area (Å²) in [5.41, 5.74) is 1.16. The standard InChI is InChI=1S/C16H25Br2NO2.ClH/c1-3-5-8-20-9-6-7-19-12-13-10-14(17)11-15(18)16(13)21-4-2;/h10-11,19H,3-9,12H2,1-2H3;1H. The van der Waals surface area contributed by atoms with E-state index >= 15 is 0 Å². The van der Waals surface area contributed by atoms with Crippen LogP contribution in [0.3, 0.4) is 0 Å². The van der Waals surface area contributed by atoms with E-state index in [1.54, 1.807) is 0 Å². The summed E-state index contributed by atoms with van der Waals surface area (Å²) in [6, 6.07) is 4.11. The Balaban J connectivity index is 0.00000441. The molecule has 0 saturated carbocycles. The molecule has 1 aromatic rings. The topological polar surface area (TPSA) is 30.5 Å². The van der Waals surface area contributed by atoms with E-state index in [9.17, 15) is 0 Å². The van der Waals surface area contributed by atoms with E-state index in [2.05, 4.69) is 50.2 Å². The predicted octanol–water partition coefficient (Wildman–Crippen LogP) is 5.33. The van der Waals surface area contributed by atoms with E-state index in [0.29, 0.717) is 6.61 Å². The summed E-state index contributed by atoms with van der Waals surface area (Å²) in [5.74, 6) is 0.924. The first-order valence-corrected chi connectivity index (χ1v) is 9.16. The van der Waals surface area contributed by atoms with Crippen molar-refractivity contribution in [3.8, 4) is 5.75 Å². The van der Waals surface area contributed by atoms with Gasteiger partial charge in [0.2, 0.25) is 0 Å². The number of nitrogens with one attached hydrogen (secondary N) is 1. The third-order valence-corrected chi connectivity index (χ3v) is 4.02. The number of hydrogen-bond acceptors (Lipinski definition) is 3. The van der Waals surface area contributed by atoms with Gasteiger partial charge in [0.05, 0.1) is 11.1 Å². The van der Waals surface area contributed by atoms with Crippen LogP contribution in [-0.4, -0.2) is 26.4 Å². The molecular formula is C16H26Br2ClNO2. The van der Waals surface area contributed by atoms with Gasteiger partial charge in [-0.05, 0) is 54.4 Å². The minimum Gasteiger partial charge on any atom is -0.492 e. The van der Waals surface area contributed by atoms with Gasteiger partial charge in [-0.1, -0.05) is 29.3 Å². The first kappa shape index (κ1) is 22.2. The second-order valence-electron chi connectivity index (χ2n) is 4.81. The number of hydrogen-bond donors (Lipinski definition) is 1. The van der Waals surface area contributed by atoms with E-state index in [1.165, 1.54) is 6.42 Å². The largest absolute Gasteiger partial charge is 0.492 e. The van der Waals surface area contributed by atoms with Crippen molar-refractivity contribution in [3.05, 3.63) is 26.6 Å². The highest BCUT2D eigenvalue weighted by atomic mass is 79.9. The molecule has 0 fully saturated rings. The summed E-state index contributed by atoms with van der Waals surface area (Å²) < 4.78 is 13.3. The molecule has 0 bridgehead atoms. The Morgan fingerprint density at radius 3 is 2.50 bits per heavy atom. The van der Waals surface area contributed by atoms with Crippen LogP contribution in [0.1, 0.15) is 38.7 Å². The summed E-state index contributed by atoms with van der Waals surface area (Å²) in [5, 5.41) is 3.44. The molecule has 0 saturated heterocycles. The highest BCUT2D eigenvalue weighted by Gasteiger charge is 2.09. The van der Waals surface area contributed by atoms with Crippen LogP contribution >= 0.6 is 44.3 Å². The molecule has 22 heavy (non-hydrogen) atoms. The van der Waals surface area contributed by atoms with Gasteiger partial charge in [-0.15, -0.1) is 12.4 Å². The highest BCUT2D eigenvalue weighted by molar-refractivity contribution is 9.11. The van der Waals surface area contributed by atoms with E-state index in [-0.39, 0.29) is 12.4 Å². The number of unbranched alkanes of at least 4 members (excludes halogenated alkanes) is 1. The quantitative estimate of drug-likeness (QED) is 0.454. The van der Waals surface area contributed by atoms with Crippen molar-refractivity contribution >= 4 is 44.3 Å². The lowest BCUT2D eigenvalue weighted by Crippen LogP contribution is -2.17. The van der Waals surface area contributed by atoms with Gasteiger partial charge in [0, 0.05) is 29.8 Å². The number of halogens is 3. The zero-order valence-corrected chi connectivity index (χ0v) is 17.3. The molecule has 0 heterocycles. The molecule has 0 radical (unpaired) electrons. The Hall–Kier alpha value is 0.190. The minimum absolute atomic E-state index is 0. The van der Waals surface area contributed by atoms with Crippen molar-refractivity contribution in [2.24, 2.45) is 0 Å². The van der Waals surface area contributed by atoms with Crippen LogP contribution in [0.15, 0.2) is 21.1 Å². The smallest absolute Gasteiger partial charge is 0.138 e. The third-order valence-electron chi connectivity index (χ3n) is 2.97. The fourth-order valence-corrected chi connectivity index (χ4v) is 3.35. The maximum absolute atomic E-state index is 5.71. The number of ether oxygens (including phenoxy) is 2. The monoisotopic (exact) mass is 457 g/mol. The van der Waals surface area contributed by atoms with Gasteiger partial charge in [0.25, 0.3) is 0 Å². The van der Waals surface area contributed by atoms with Crippen LogP contribution in [0.2, 0.25) is 0 Å². The van der Waals surface area contributed by atoms with Crippen LogP contribution < -0.4 is 10.1 Å². The summed E-state index contributed by atoms with van der Waals surface area (Å²) in [6.07, 6.45) is 3.37. The van der Waals surface area contributed by atoms with Crippen LogP contribution in [0, 0.1) is 0 Å². The molecule has 0 aliphatic carbocycles. The molecule has 0 spiro atoms.